The van der Waals surface area contributed by atoms with E-state index in [2.05, 4.69) is 126 Å². The Morgan fingerprint density at radius 3 is 2.09 bits per heavy atom. The molecule has 9 rings (SSSR count). The van der Waals surface area contributed by atoms with Crippen LogP contribution in [0.4, 0.5) is 5.69 Å². The SMILES string of the molecule is [C-]#[N+]c1cc(-c2cccc3sc4ccccc4c23)cc2c1oc1c(-n3c4ccc(C)cc4c4cc(C)ccc43)cccc12. The first-order chi connectivity index (χ1) is 21.1. The molecule has 0 saturated heterocycles. The fourth-order valence-electron chi connectivity index (χ4n) is 6.81. The van der Waals surface area contributed by atoms with Crippen molar-refractivity contribution in [3.8, 4) is 16.8 Å². The quantitative estimate of drug-likeness (QED) is 0.190. The van der Waals surface area contributed by atoms with Crippen LogP contribution in [0.3, 0.4) is 0 Å². The summed E-state index contributed by atoms with van der Waals surface area (Å²) in [5, 5.41) is 6.92. The minimum Gasteiger partial charge on any atom is -0.465 e. The maximum absolute atomic E-state index is 8.13. The Hall–Kier alpha value is -5.37. The molecule has 0 amide bonds. The molecule has 202 valence electrons. The minimum absolute atomic E-state index is 0.527. The van der Waals surface area contributed by atoms with Crippen molar-refractivity contribution in [2.24, 2.45) is 0 Å². The molecule has 4 heteroatoms. The molecule has 0 N–H and O–H groups in total. The molecule has 9 aromatic rings. The van der Waals surface area contributed by atoms with Crippen molar-refractivity contribution in [2.75, 3.05) is 0 Å². The van der Waals surface area contributed by atoms with Gasteiger partial charge in [0, 0.05) is 41.7 Å². The zero-order valence-corrected chi connectivity index (χ0v) is 24.4. The van der Waals surface area contributed by atoms with Crippen LogP contribution in [-0.4, -0.2) is 4.57 Å². The molecule has 3 heterocycles. The molecular formula is C39H24N2OS. The molecule has 43 heavy (non-hydrogen) atoms. The molecule has 3 aromatic heterocycles. The lowest BCUT2D eigenvalue weighted by Crippen LogP contribution is -1.94. The second-order valence-electron chi connectivity index (χ2n) is 11.4. The first kappa shape index (κ1) is 24.2. The van der Waals surface area contributed by atoms with Gasteiger partial charge in [0.2, 0.25) is 5.69 Å². The average molecular weight is 569 g/mol. The zero-order chi connectivity index (χ0) is 28.8. The molecule has 0 radical (unpaired) electrons. The number of thiophene rings is 1. The molecule has 0 fully saturated rings. The summed E-state index contributed by atoms with van der Waals surface area (Å²) in [6.45, 7) is 12.4. The number of benzene rings is 6. The molecule has 0 aliphatic carbocycles. The largest absolute Gasteiger partial charge is 0.465 e. The number of rotatable bonds is 2. The highest BCUT2D eigenvalue weighted by Crippen LogP contribution is 2.45. The predicted molar refractivity (Wildman–Crippen MR) is 182 cm³/mol. The summed E-state index contributed by atoms with van der Waals surface area (Å²) in [7, 11) is 0. The number of aryl methyl sites for hydroxylation is 2. The summed E-state index contributed by atoms with van der Waals surface area (Å²) >= 11 is 1.81. The molecule has 0 spiro atoms. The van der Waals surface area contributed by atoms with Crippen molar-refractivity contribution >= 4 is 80.9 Å². The van der Waals surface area contributed by atoms with Crippen LogP contribution in [0, 0.1) is 20.4 Å². The summed E-state index contributed by atoms with van der Waals surface area (Å²) in [4.78, 5) is 3.97. The molecular weight excluding hydrogens is 545 g/mol. The van der Waals surface area contributed by atoms with Crippen molar-refractivity contribution in [1.82, 2.24) is 4.57 Å². The molecule has 6 aromatic carbocycles. The predicted octanol–water partition coefficient (Wildman–Crippen LogP) is 11.9. The first-order valence-electron chi connectivity index (χ1n) is 14.4. The van der Waals surface area contributed by atoms with E-state index in [1.807, 2.05) is 17.4 Å². The van der Waals surface area contributed by atoms with Crippen molar-refractivity contribution < 1.29 is 4.42 Å². The van der Waals surface area contributed by atoms with Crippen LogP contribution in [0.25, 0.3) is 85.6 Å². The number of para-hydroxylation sites is 1. The van der Waals surface area contributed by atoms with E-state index in [-0.39, 0.29) is 0 Å². The van der Waals surface area contributed by atoms with Crippen LogP contribution >= 0.6 is 11.3 Å². The highest BCUT2D eigenvalue weighted by Gasteiger charge is 2.21. The summed E-state index contributed by atoms with van der Waals surface area (Å²) < 4.78 is 11.5. The third-order valence-corrected chi connectivity index (χ3v) is 9.84. The molecule has 0 saturated carbocycles. The molecule has 0 aliphatic rings. The second kappa shape index (κ2) is 8.82. The third kappa shape index (κ3) is 3.40. The monoisotopic (exact) mass is 568 g/mol. The number of fused-ring (bicyclic) bond motifs is 9. The first-order valence-corrected chi connectivity index (χ1v) is 15.2. The maximum atomic E-state index is 8.13. The van der Waals surface area contributed by atoms with Crippen molar-refractivity contribution in [2.45, 2.75) is 13.8 Å². The van der Waals surface area contributed by atoms with E-state index in [0.29, 0.717) is 11.3 Å². The van der Waals surface area contributed by atoms with Gasteiger partial charge in [-0.25, -0.2) is 4.85 Å². The van der Waals surface area contributed by atoms with Crippen molar-refractivity contribution in [3.05, 3.63) is 132 Å². The molecule has 0 unspecified atom stereocenters. The standard InChI is InChI=1S/C39H24N2OS/c1-22-14-16-32-28(18-22)29-19-23(2)15-17-33(29)41(32)34-11-6-10-26-30-20-24(21-31(40-3)38(30)42-39(26)34)25-9-7-13-36-37(25)27-8-4-5-12-35(27)43-36/h4-21H,1-2H3. The van der Waals surface area contributed by atoms with Gasteiger partial charge in [-0.15, -0.1) is 11.3 Å². The van der Waals surface area contributed by atoms with Crippen LogP contribution in [0.2, 0.25) is 0 Å². The molecule has 3 nitrogen and oxygen atoms in total. The zero-order valence-electron chi connectivity index (χ0n) is 23.6. The highest BCUT2D eigenvalue weighted by molar-refractivity contribution is 7.25. The molecule has 0 bridgehead atoms. The van der Waals surface area contributed by atoms with E-state index in [1.54, 1.807) is 0 Å². The minimum atomic E-state index is 0.527. The molecule has 0 aliphatic heterocycles. The number of furan rings is 1. The Morgan fingerprint density at radius 2 is 1.33 bits per heavy atom. The van der Waals surface area contributed by atoms with Crippen molar-refractivity contribution in [1.29, 1.82) is 0 Å². The van der Waals surface area contributed by atoms with Gasteiger partial charge < -0.3 is 8.98 Å². The number of hydrogen-bond donors (Lipinski definition) is 0. The van der Waals surface area contributed by atoms with Gasteiger partial charge >= 0.3 is 0 Å². The van der Waals surface area contributed by atoms with Gasteiger partial charge in [0.15, 0.2) is 5.58 Å². The van der Waals surface area contributed by atoms with Crippen LogP contribution in [0.15, 0.2) is 114 Å². The lowest BCUT2D eigenvalue weighted by molar-refractivity contribution is 0.668. The van der Waals surface area contributed by atoms with Gasteiger partial charge in [0.1, 0.15) is 5.58 Å². The van der Waals surface area contributed by atoms with Gasteiger partial charge in [-0.05, 0) is 79.6 Å². The fourth-order valence-corrected chi connectivity index (χ4v) is 7.94. The van der Waals surface area contributed by atoms with Crippen LogP contribution in [0.1, 0.15) is 11.1 Å². The second-order valence-corrected chi connectivity index (χ2v) is 12.5. The van der Waals surface area contributed by atoms with Crippen LogP contribution in [0.5, 0.6) is 0 Å². The van der Waals surface area contributed by atoms with Gasteiger partial charge in [-0.3, -0.25) is 0 Å². The normalized spacial score (nSPS) is 11.9. The van der Waals surface area contributed by atoms with Gasteiger partial charge in [0.05, 0.1) is 23.3 Å². The van der Waals surface area contributed by atoms with Crippen molar-refractivity contribution in [3.63, 3.8) is 0 Å². The third-order valence-electron chi connectivity index (χ3n) is 8.71. The van der Waals surface area contributed by atoms with Gasteiger partial charge in [-0.2, -0.15) is 0 Å². The van der Waals surface area contributed by atoms with E-state index in [9.17, 15) is 0 Å². The molecule has 0 atom stereocenters. The summed E-state index contributed by atoms with van der Waals surface area (Å²) in [6, 6.07) is 38.9. The number of nitrogens with zero attached hydrogens (tertiary/aromatic N) is 2. The topological polar surface area (TPSA) is 22.4 Å². The fraction of sp³-hybridized carbons (Fsp3) is 0.0513. The van der Waals surface area contributed by atoms with E-state index in [1.165, 1.54) is 42.1 Å². The van der Waals surface area contributed by atoms with E-state index in [4.69, 9.17) is 11.0 Å². The van der Waals surface area contributed by atoms with Gasteiger partial charge in [-0.1, -0.05) is 65.7 Å². The van der Waals surface area contributed by atoms with Gasteiger partial charge in [0.25, 0.3) is 0 Å². The maximum Gasteiger partial charge on any atom is 0.230 e. The smallest absolute Gasteiger partial charge is 0.230 e. The Bertz CT molecular complexity index is 2600. The number of aromatic nitrogens is 1. The Kier molecular flexibility index (Phi) is 4.97. The average Bonchev–Trinajstić information content (AvgIpc) is 3.70. The van der Waals surface area contributed by atoms with Crippen LogP contribution in [-0.2, 0) is 0 Å². The lowest BCUT2D eigenvalue weighted by atomic mass is 9.97. The Balaban J connectivity index is 1.36. The Labute approximate surface area is 251 Å². The van der Waals surface area contributed by atoms with E-state index >= 15 is 0 Å². The summed E-state index contributed by atoms with van der Waals surface area (Å²) in [5.41, 5.74) is 9.85. The summed E-state index contributed by atoms with van der Waals surface area (Å²) in [6.07, 6.45) is 0. The lowest BCUT2D eigenvalue weighted by Gasteiger charge is -2.09. The highest BCUT2D eigenvalue weighted by atomic mass is 32.1. The Morgan fingerprint density at radius 1 is 0.628 bits per heavy atom. The number of hydrogen-bond acceptors (Lipinski definition) is 2. The van der Waals surface area contributed by atoms with E-state index in [0.717, 1.165) is 44.2 Å². The van der Waals surface area contributed by atoms with E-state index < -0.39 is 0 Å². The summed E-state index contributed by atoms with van der Waals surface area (Å²) in [5.74, 6) is 0. The van der Waals surface area contributed by atoms with Crippen LogP contribution < -0.4 is 0 Å².